The van der Waals surface area contributed by atoms with Crippen molar-refractivity contribution in [1.29, 1.82) is 0 Å². The quantitative estimate of drug-likeness (QED) is 0.750. The number of pyridine rings is 1. The summed E-state index contributed by atoms with van der Waals surface area (Å²) in [6, 6.07) is 2.13. The smallest absolute Gasteiger partial charge is 0.280 e. The van der Waals surface area contributed by atoms with Gasteiger partial charge in [-0.3, -0.25) is 4.79 Å². The van der Waals surface area contributed by atoms with Crippen LogP contribution in [0.4, 0.5) is 8.78 Å². The molecule has 0 aromatic carbocycles. The summed E-state index contributed by atoms with van der Waals surface area (Å²) in [5.74, 6) is -0.793. The van der Waals surface area contributed by atoms with Crippen molar-refractivity contribution in [3.63, 3.8) is 0 Å². The number of halogens is 3. The zero-order chi connectivity index (χ0) is 10.0. The van der Waals surface area contributed by atoms with Crippen LogP contribution in [0, 0.1) is 0 Å². The molecule has 0 unspecified atom stereocenters. The van der Waals surface area contributed by atoms with Gasteiger partial charge in [0.05, 0.1) is 5.56 Å². The van der Waals surface area contributed by atoms with Gasteiger partial charge in [-0.05, 0) is 12.1 Å². The van der Waals surface area contributed by atoms with E-state index in [0.717, 1.165) is 12.1 Å². The molecule has 0 fully saturated rings. The second kappa shape index (κ2) is 3.66. The van der Waals surface area contributed by atoms with E-state index in [0.29, 0.717) is 0 Å². The molecule has 0 atom stereocenters. The molecule has 0 saturated carbocycles. The van der Waals surface area contributed by atoms with Gasteiger partial charge < -0.3 is 5.73 Å². The molecule has 1 rings (SSSR count). The maximum Gasteiger partial charge on any atom is 0.280 e. The highest BCUT2D eigenvalue weighted by molar-refractivity contribution is 6.32. The van der Waals surface area contributed by atoms with Gasteiger partial charge in [0, 0.05) is 0 Å². The predicted molar refractivity (Wildman–Crippen MR) is 42.7 cm³/mol. The minimum atomic E-state index is -2.71. The number of nitrogens with two attached hydrogens (primary N) is 1. The number of amides is 1. The van der Waals surface area contributed by atoms with Gasteiger partial charge in [0.15, 0.2) is 0 Å². The highest BCUT2D eigenvalue weighted by Crippen LogP contribution is 2.20. The molecule has 3 nitrogen and oxygen atoms in total. The van der Waals surface area contributed by atoms with E-state index >= 15 is 0 Å². The van der Waals surface area contributed by atoms with E-state index in [4.69, 9.17) is 17.3 Å². The zero-order valence-electron chi connectivity index (χ0n) is 6.30. The first-order chi connectivity index (χ1) is 6.02. The van der Waals surface area contributed by atoms with Gasteiger partial charge in [0.25, 0.3) is 12.3 Å². The minimum Gasteiger partial charge on any atom is -0.366 e. The summed E-state index contributed by atoms with van der Waals surface area (Å²) in [6.45, 7) is 0. The fourth-order valence-corrected chi connectivity index (χ4v) is 1.01. The maximum absolute atomic E-state index is 12.0. The number of alkyl halides is 2. The summed E-state index contributed by atoms with van der Waals surface area (Å²) in [5.41, 5.74) is 4.35. The molecule has 0 spiro atoms. The van der Waals surface area contributed by atoms with Crippen molar-refractivity contribution in [2.24, 2.45) is 5.73 Å². The van der Waals surface area contributed by atoms with Crippen LogP contribution in [0.15, 0.2) is 12.1 Å². The Morgan fingerprint density at radius 3 is 2.54 bits per heavy atom. The lowest BCUT2D eigenvalue weighted by molar-refractivity contribution is 0.0999. The van der Waals surface area contributed by atoms with Gasteiger partial charge in [0.1, 0.15) is 10.8 Å². The molecule has 1 heterocycles. The van der Waals surface area contributed by atoms with Gasteiger partial charge in [-0.1, -0.05) is 11.6 Å². The number of carbonyl (C=O) groups is 1. The molecule has 1 amide bonds. The van der Waals surface area contributed by atoms with Crippen molar-refractivity contribution in [2.45, 2.75) is 6.43 Å². The third-order valence-corrected chi connectivity index (χ3v) is 1.65. The van der Waals surface area contributed by atoms with E-state index in [-0.39, 0.29) is 10.7 Å². The lowest BCUT2D eigenvalue weighted by Crippen LogP contribution is -2.12. The molecular weight excluding hydrogens is 202 g/mol. The summed E-state index contributed by atoms with van der Waals surface area (Å²) < 4.78 is 24.1. The fourth-order valence-electron chi connectivity index (χ4n) is 0.754. The maximum atomic E-state index is 12.0. The fraction of sp³-hybridized carbons (Fsp3) is 0.143. The topological polar surface area (TPSA) is 56.0 Å². The SMILES string of the molecule is NC(=O)c1ccc(C(F)F)nc1Cl. The molecule has 1 aromatic heterocycles. The first-order valence-electron chi connectivity index (χ1n) is 3.26. The molecule has 13 heavy (non-hydrogen) atoms. The van der Waals surface area contributed by atoms with Crippen LogP contribution in [-0.2, 0) is 0 Å². The predicted octanol–water partition coefficient (Wildman–Crippen LogP) is 1.77. The number of aromatic nitrogens is 1. The summed E-state index contributed by atoms with van der Waals surface area (Å²) in [5, 5.41) is -0.301. The van der Waals surface area contributed by atoms with Crippen LogP contribution in [0.2, 0.25) is 5.15 Å². The summed E-state index contributed by atoms with van der Waals surface area (Å²) >= 11 is 5.42. The average Bonchev–Trinajstić information content (AvgIpc) is 2.03. The number of rotatable bonds is 2. The summed E-state index contributed by atoms with van der Waals surface area (Å²) in [6.07, 6.45) is -2.71. The normalized spacial score (nSPS) is 10.5. The molecule has 2 N–H and O–H groups in total. The van der Waals surface area contributed by atoms with E-state index in [9.17, 15) is 13.6 Å². The Labute approximate surface area is 77.5 Å². The Bertz CT molecular complexity index is 343. The highest BCUT2D eigenvalue weighted by Gasteiger charge is 2.13. The Morgan fingerprint density at radius 2 is 2.15 bits per heavy atom. The monoisotopic (exact) mass is 206 g/mol. The lowest BCUT2D eigenvalue weighted by Gasteiger charge is -2.01. The Balaban J connectivity index is 3.13. The Hall–Kier alpha value is -1.23. The molecule has 0 aliphatic carbocycles. The lowest BCUT2D eigenvalue weighted by atomic mass is 10.2. The van der Waals surface area contributed by atoms with Crippen LogP contribution in [0.5, 0.6) is 0 Å². The minimum absolute atomic E-state index is 0.0638. The van der Waals surface area contributed by atoms with E-state index in [1.165, 1.54) is 0 Å². The molecule has 6 heteroatoms. The van der Waals surface area contributed by atoms with Crippen LogP contribution >= 0.6 is 11.6 Å². The van der Waals surface area contributed by atoms with Gasteiger partial charge in [-0.15, -0.1) is 0 Å². The number of nitrogens with zero attached hydrogens (tertiary/aromatic N) is 1. The molecule has 1 aromatic rings. The van der Waals surface area contributed by atoms with Gasteiger partial charge in [-0.25, -0.2) is 13.8 Å². The summed E-state index contributed by atoms with van der Waals surface area (Å²) in [4.78, 5) is 13.9. The van der Waals surface area contributed by atoms with E-state index < -0.39 is 18.0 Å². The molecule has 0 radical (unpaired) electrons. The molecule has 0 saturated heterocycles. The molecule has 0 aliphatic rings. The van der Waals surface area contributed by atoms with Crippen LogP contribution in [0.1, 0.15) is 22.5 Å². The second-order valence-corrected chi connectivity index (χ2v) is 2.60. The van der Waals surface area contributed by atoms with Crippen LogP contribution in [0.25, 0.3) is 0 Å². The van der Waals surface area contributed by atoms with Crippen molar-refractivity contribution >= 4 is 17.5 Å². The third-order valence-electron chi connectivity index (χ3n) is 1.36. The third kappa shape index (κ3) is 2.12. The molecule has 0 bridgehead atoms. The Kier molecular flexibility index (Phi) is 2.77. The van der Waals surface area contributed by atoms with Crippen molar-refractivity contribution in [3.05, 3.63) is 28.5 Å². The average molecular weight is 207 g/mol. The van der Waals surface area contributed by atoms with E-state index in [1.807, 2.05) is 0 Å². The van der Waals surface area contributed by atoms with E-state index in [1.54, 1.807) is 0 Å². The zero-order valence-corrected chi connectivity index (χ0v) is 7.05. The van der Waals surface area contributed by atoms with Gasteiger partial charge in [-0.2, -0.15) is 0 Å². The van der Waals surface area contributed by atoms with Crippen LogP contribution in [-0.4, -0.2) is 10.9 Å². The Morgan fingerprint density at radius 1 is 1.54 bits per heavy atom. The van der Waals surface area contributed by atoms with Crippen molar-refractivity contribution in [1.82, 2.24) is 4.98 Å². The first kappa shape index (κ1) is 9.85. The number of hydrogen-bond donors (Lipinski definition) is 1. The van der Waals surface area contributed by atoms with Crippen LogP contribution in [0.3, 0.4) is 0 Å². The highest BCUT2D eigenvalue weighted by atomic mass is 35.5. The standard InChI is InChI=1S/C7H5ClF2N2O/c8-5-3(7(11)13)1-2-4(12-5)6(9)10/h1-2,6H,(H2,11,13). The second-order valence-electron chi connectivity index (χ2n) is 2.24. The number of primary amides is 1. The largest absolute Gasteiger partial charge is 0.366 e. The molecule has 70 valence electrons. The number of carbonyl (C=O) groups excluding carboxylic acids is 1. The van der Waals surface area contributed by atoms with Crippen molar-refractivity contribution in [2.75, 3.05) is 0 Å². The first-order valence-corrected chi connectivity index (χ1v) is 3.64. The van der Waals surface area contributed by atoms with Crippen LogP contribution < -0.4 is 5.73 Å². The summed E-state index contributed by atoms with van der Waals surface area (Å²) in [7, 11) is 0. The van der Waals surface area contributed by atoms with Gasteiger partial charge in [0.2, 0.25) is 0 Å². The van der Waals surface area contributed by atoms with E-state index in [2.05, 4.69) is 4.98 Å². The van der Waals surface area contributed by atoms with Crippen molar-refractivity contribution < 1.29 is 13.6 Å². The molecular formula is C7H5ClF2N2O. The van der Waals surface area contributed by atoms with Crippen molar-refractivity contribution in [3.8, 4) is 0 Å². The number of hydrogen-bond acceptors (Lipinski definition) is 2. The van der Waals surface area contributed by atoms with Gasteiger partial charge >= 0.3 is 0 Å². The molecule has 0 aliphatic heterocycles.